The summed E-state index contributed by atoms with van der Waals surface area (Å²) in [6.07, 6.45) is 4.94. The third-order valence-corrected chi connectivity index (χ3v) is 3.26. The van der Waals surface area contributed by atoms with Gasteiger partial charge in [-0.15, -0.1) is 0 Å². The van der Waals surface area contributed by atoms with E-state index in [-0.39, 0.29) is 5.95 Å². The maximum Gasteiger partial charge on any atom is 0.264 e. The molecule has 0 saturated heterocycles. The second-order valence-corrected chi connectivity index (χ2v) is 4.89. The Balaban J connectivity index is 1.94. The summed E-state index contributed by atoms with van der Waals surface area (Å²) in [5, 5.41) is 0.893. The Morgan fingerprint density at radius 1 is 1.20 bits per heavy atom. The van der Waals surface area contributed by atoms with Crippen molar-refractivity contribution in [2.45, 2.75) is 24.2 Å². The molecular formula is C11H11N7OS. The van der Waals surface area contributed by atoms with Gasteiger partial charge in [-0.1, -0.05) is 0 Å². The van der Waals surface area contributed by atoms with Crippen molar-refractivity contribution in [3.05, 3.63) is 30.2 Å². The molecule has 0 aliphatic carbocycles. The number of aromatic nitrogens is 6. The molecule has 8 nitrogen and oxygen atoms in total. The van der Waals surface area contributed by atoms with Gasteiger partial charge in [-0.3, -0.25) is 4.57 Å². The average Bonchev–Trinajstić information content (AvgIpc) is 3.00. The Morgan fingerprint density at radius 2 is 2.05 bits per heavy atom. The van der Waals surface area contributed by atoms with Gasteiger partial charge in [0.1, 0.15) is 12.1 Å². The Hall–Kier alpha value is -2.42. The Labute approximate surface area is 118 Å². The van der Waals surface area contributed by atoms with Crippen molar-refractivity contribution in [2.24, 2.45) is 0 Å². The molecule has 2 N–H and O–H groups in total. The SMILES string of the molecule is Cc1nc(Sc2nc(N)nc(-n3ccnc3)n2)oc1C. The number of nitrogens with zero attached hydrogens (tertiary/aromatic N) is 6. The zero-order valence-electron chi connectivity index (χ0n) is 10.8. The van der Waals surface area contributed by atoms with E-state index in [1.807, 2.05) is 13.8 Å². The molecule has 0 unspecified atom stereocenters. The largest absolute Gasteiger partial charge is 0.436 e. The maximum atomic E-state index is 5.69. The summed E-state index contributed by atoms with van der Waals surface area (Å²) in [5.41, 5.74) is 6.53. The predicted molar refractivity (Wildman–Crippen MR) is 71.5 cm³/mol. The van der Waals surface area contributed by atoms with E-state index < -0.39 is 0 Å². The highest BCUT2D eigenvalue weighted by atomic mass is 32.2. The third kappa shape index (κ3) is 2.48. The van der Waals surface area contributed by atoms with Crippen molar-refractivity contribution in [2.75, 3.05) is 5.73 Å². The lowest BCUT2D eigenvalue weighted by Gasteiger charge is -2.02. The first-order chi connectivity index (χ1) is 9.61. The molecule has 0 aliphatic rings. The Bertz CT molecular complexity index is 718. The summed E-state index contributed by atoms with van der Waals surface area (Å²) in [5.74, 6) is 1.30. The fourth-order valence-corrected chi connectivity index (χ4v) is 2.24. The molecule has 0 atom stereocenters. The molecule has 20 heavy (non-hydrogen) atoms. The number of anilines is 1. The smallest absolute Gasteiger partial charge is 0.264 e. The van der Waals surface area contributed by atoms with Crippen LogP contribution in [-0.2, 0) is 0 Å². The van der Waals surface area contributed by atoms with Crippen LogP contribution >= 0.6 is 11.8 Å². The predicted octanol–water partition coefficient (Wildman–Crippen LogP) is 1.40. The standard InChI is InChI=1S/C11H11N7OS/c1-6-7(2)19-11(14-6)20-10-16-8(12)15-9(17-10)18-4-3-13-5-18/h3-5H,1-2H3,(H2,12,15,16,17). The van der Waals surface area contributed by atoms with E-state index >= 15 is 0 Å². The Morgan fingerprint density at radius 3 is 2.70 bits per heavy atom. The van der Waals surface area contributed by atoms with Crippen molar-refractivity contribution in [1.29, 1.82) is 0 Å². The fourth-order valence-electron chi connectivity index (χ4n) is 1.46. The van der Waals surface area contributed by atoms with Crippen LogP contribution in [0.25, 0.3) is 5.95 Å². The summed E-state index contributed by atoms with van der Waals surface area (Å²) < 4.78 is 7.13. The summed E-state index contributed by atoms with van der Waals surface area (Å²) >= 11 is 1.19. The van der Waals surface area contributed by atoms with Crippen molar-refractivity contribution >= 4 is 17.7 Å². The molecule has 3 aromatic rings. The van der Waals surface area contributed by atoms with Gasteiger partial charge in [0.25, 0.3) is 5.22 Å². The van der Waals surface area contributed by atoms with Crippen LogP contribution in [0.15, 0.2) is 33.5 Å². The first kappa shape index (κ1) is 12.6. The zero-order valence-corrected chi connectivity index (χ0v) is 11.6. The third-order valence-electron chi connectivity index (χ3n) is 2.54. The zero-order chi connectivity index (χ0) is 14.1. The molecule has 0 amide bonds. The molecule has 3 heterocycles. The molecule has 0 bridgehead atoms. The first-order valence-corrected chi connectivity index (χ1v) is 6.55. The summed E-state index contributed by atoms with van der Waals surface area (Å²) in [6.45, 7) is 3.73. The van der Waals surface area contributed by atoms with E-state index in [9.17, 15) is 0 Å². The minimum atomic E-state index is 0.131. The van der Waals surface area contributed by atoms with Crippen molar-refractivity contribution in [3.8, 4) is 5.95 Å². The van der Waals surface area contributed by atoms with Gasteiger partial charge >= 0.3 is 0 Å². The van der Waals surface area contributed by atoms with Crippen LogP contribution in [0.5, 0.6) is 0 Å². The normalized spacial score (nSPS) is 10.9. The second kappa shape index (κ2) is 4.93. The lowest BCUT2D eigenvalue weighted by molar-refractivity contribution is 0.430. The Kier molecular flexibility index (Phi) is 3.11. The monoisotopic (exact) mass is 289 g/mol. The van der Waals surface area contributed by atoms with E-state index in [4.69, 9.17) is 10.2 Å². The van der Waals surface area contributed by atoms with Crippen molar-refractivity contribution < 1.29 is 4.42 Å². The highest BCUT2D eigenvalue weighted by Gasteiger charge is 2.12. The molecule has 0 fully saturated rings. The van der Waals surface area contributed by atoms with E-state index in [1.165, 1.54) is 11.8 Å². The van der Waals surface area contributed by atoms with Crippen LogP contribution in [0.3, 0.4) is 0 Å². The van der Waals surface area contributed by atoms with Gasteiger partial charge in [-0.2, -0.15) is 15.0 Å². The molecule has 0 aliphatic heterocycles. The van der Waals surface area contributed by atoms with Gasteiger partial charge in [-0.25, -0.2) is 9.97 Å². The number of aryl methyl sites for hydroxylation is 2. The molecule has 3 aromatic heterocycles. The lowest BCUT2D eigenvalue weighted by Crippen LogP contribution is -2.05. The van der Waals surface area contributed by atoms with Gasteiger partial charge in [0.15, 0.2) is 0 Å². The molecule has 0 saturated carbocycles. The van der Waals surface area contributed by atoms with Crippen LogP contribution in [0.2, 0.25) is 0 Å². The molecular weight excluding hydrogens is 278 g/mol. The average molecular weight is 289 g/mol. The van der Waals surface area contributed by atoms with Crippen LogP contribution < -0.4 is 5.73 Å². The molecule has 9 heteroatoms. The van der Waals surface area contributed by atoms with Gasteiger partial charge in [0.2, 0.25) is 17.1 Å². The van der Waals surface area contributed by atoms with E-state index in [0.29, 0.717) is 16.3 Å². The summed E-state index contributed by atoms with van der Waals surface area (Å²) in [4.78, 5) is 20.6. The number of oxazole rings is 1. The molecule has 0 spiro atoms. The quantitative estimate of drug-likeness (QED) is 0.770. The van der Waals surface area contributed by atoms with Gasteiger partial charge < -0.3 is 10.2 Å². The minimum absolute atomic E-state index is 0.131. The van der Waals surface area contributed by atoms with Gasteiger partial charge in [-0.05, 0) is 13.8 Å². The topological polar surface area (TPSA) is 109 Å². The van der Waals surface area contributed by atoms with Gasteiger partial charge in [0.05, 0.1) is 5.69 Å². The first-order valence-electron chi connectivity index (χ1n) is 5.73. The van der Waals surface area contributed by atoms with E-state index in [1.54, 1.807) is 23.3 Å². The van der Waals surface area contributed by atoms with E-state index in [0.717, 1.165) is 11.5 Å². The highest BCUT2D eigenvalue weighted by molar-refractivity contribution is 7.98. The van der Waals surface area contributed by atoms with Crippen molar-refractivity contribution in [3.63, 3.8) is 0 Å². The number of imidazole rings is 1. The fraction of sp³-hybridized carbons (Fsp3) is 0.182. The lowest BCUT2D eigenvalue weighted by atomic mass is 10.4. The second-order valence-electron chi connectivity index (χ2n) is 3.97. The van der Waals surface area contributed by atoms with Crippen LogP contribution in [-0.4, -0.2) is 29.5 Å². The maximum absolute atomic E-state index is 5.69. The molecule has 3 rings (SSSR count). The number of nitrogen functional groups attached to an aromatic ring is 1. The van der Waals surface area contributed by atoms with Crippen LogP contribution in [0.4, 0.5) is 5.95 Å². The number of hydrogen-bond acceptors (Lipinski definition) is 8. The number of rotatable bonds is 3. The van der Waals surface area contributed by atoms with Crippen molar-refractivity contribution in [1.82, 2.24) is 29.5 Å². The van der Waals surface area contributed by atoms with E-state index in [2.05, 4.69) is 24.9 Å². The molecule has 0 aromatic carbocycles. The van der Waals surface area contributed by atoms with Gasteiger partial charge in [0, 0.05) is 24.2 Å². The summed E-state index contributed by atoms with van der Waals surface area (Å²) in [7, 11) is 0. The number of hydrogen-bond donors (Lipinski definition) is 1. The van der Waals surface area contributed by atoms with Crippen LogP contribution in [0.1, 0.15) is 11.5 Å². The summed E-state index contributed by atoms with van der Waals surface area (Å²) in [6, 6.07) is 0. The highest BCUT2D eigenvalue weighted by Crippen LogP contribution is 2.26. The minimum Gasteiger partial charge on any atom is -0.436 e. The molecule has 102 valence electrons. The molecule has 0 radical (unpaired) electrons. The number of nitrogens with two attached hydrogens (primary N) is 1. The van der Waals surface area contributed by atoms with Crippen LogP contribution in [0, 0.1) is 13.8 Å².